The van der Waals surface area contributed by atoms with E-state index in [0.717, 1.165) is 29.9 Å². The van der Waals surface area contributed by atoms with Crippen LogP contribution in [0, 0.1) is 0 Å². The number of anilines is 1. The first-order valence-electron chi connectivity index (χ1n) is 6.34. The highest BCUT2D eigenvalue weighted by atomic mass is 16.5. The predicted molar refractivity (Wildman–Crippen MR) is 70.6 cm³/mol. The van der Waals surface area contributed by atoms with E-state index in [1.165, 1.54) is 6.26 Å². The molecule has 0 radical (unpaired) electrons. The van der Waals surface area contributed by atoms with Gasteiger partial charge in [0.15, 0.2) is 0 Å². The first kappa shape index (κ1) is 11.8. The summed E-state index contributed by atoms with van der Waals surface area (Å²) < 4.78 is 4.74. The van der Waals surface area contributed by atoms with Crippen LogP contribution in [-0.2, 0) is 11.3 Å². The fourth-order valence-electron chi connectivity index (χ4n) is 2.37. The second kappa shape index (κ2) is 5.14. The molecule has 19 heavy (non-hydrogen) atoms. The lowest BCUT2D eigenvalue weighted by molar-refractivity contribution is -0.122. The van der Waals surface area contributed by atoms with E-state index in [1.54, 1.807) is 6.07 Å². The van der Waals surface area contributed by atoms with Crippen molar-refractivity contribution in [2.45, 2.75) is 18.9 Å². The Hall–Kier alpha value is -2.30. The topological polar surface area (TPSA) is 67.2 Å². The van der Waals surface area contributed by atoms with Crippen molar-refractivity contribution in [3.8, 4) is 0 Å². The largest absolute Gasteiger partial charge is 0.385 e. The number of nitrogens with one attached hydrogen (secondary N) is 2. The first-order chi connectivity index (χ1) is 9.34. The van der Waals surface area contributed by atoms with E-state index in [-0.39, 0.29) is 11.8 Å². The molecule has 1 atom stereocenters. The van der Waals surface area contributed by atoms with E-state index < -0.39 is 0 Å². The molecule has 2 aromatic rings. The molecule has 98 valence electrons. The summed E-state index contributed by atoms with van der Waals surface area (Å²) in [5, 5.41) is 9.99. The maximum atomic E-state index is 12.3. The van der Waals surface area contributed by atoms with Gasteiger partial charge in [-0.25, -0.2) is 0 Å². The summed E-state index contributed by atoms with van der Waals surface area (Å²) in [7, 11) is 0. The first-order valence-corrected chi connectivity index (χ1v) is 6.34. The molecule has 1 aromatic heterocycles. The van der Waals surface area contributed by atoms with E-state index in [9.17, 15) is 4.79 Å². The molecule has 1 amide bonds. The van der Waals surface area contributed by atoms with Crippen LogP contribution in [0.25, 0.3) is 0 Å². The van der Waals surface area contributed by atoms with Gasteiger partial charge in [0, 0.05) is 18.3 Å². The smallest absolute Gasteiger partial charge is 0.228 e. The Balaban J connectivity index is 1.71. The number of para-hydroxylation sites is 1. The number of hydrogen-bond acceptors (Lipinski definition) is 4. The van der Waals surface area contributed by atoms with Crippen molar-refractivity contribution in [2.24, 2.45) is 0 Å². The van der Waals surface area contributed by atoms with Crippen LogP contribution in [0.1, 0.15) is 23.6 Å². The van der Waals surface area contributed by atoms with Crippen LogP contribution in [-0.4, -0.2) is 17.6 Å². The van der Waals surface area contributed by atoms with Crippen LogP contribution in [0.2, 0.25) is 0 Å². The van der Waals surface area contributed by atoms with Gasteiger partial charge in [0.05, 0.1) is 12.5 Å². The van der Waals surface area contributed by atoms with Crippen LogP contribution in [0.15, 0.2) is 41.1 Å². The molecule has 1 aliphatic rings. The molecule has 0 fully saturated rings. The standard InChI is InChI=1S/C14H15N3O2/c18-14(16-9-10-6-8-19-17-10)12-5-7-15-13-4-2-1-3-11(12)13/h1-4,6,8,12,15H,5,7,9H2,(H,16,18). The van der Waals surface area contributed by atoms with Gasteiger partial charge in [0.2, 0.25) is 5.91 Å². The molecule has 0 bridgehead atoms. The molecule has 2 heterocycles. The summed E-state index contributed by atoms with van der Waals surface area (Å²) in [6, 6.07) is 9.69. The van der Waals surface area contributed by atoms with Crippen molar-refractivity contribution in [3.63, 3.8) is 0 Å². The quantitative estimate of drug-likeness (QED) is 0.881. The Morgan fingerprint density at radius 3 is 3.16 bits per heavy atom. The van der Waals surface area contributed by atoms with Crippen LogP contribution < -0.4 is 10.6 Å². The zero-order valence-corrected chi connectivity index (χ0v) is 10.4. The Morgan fingerprint density at radius 2 is 2.32 bits per heavy atom. The van der Waals surface area contributed by atoms with Crippen molar-refractivity contribution in [1.29, 1.82) is 0 Å². The number of amides is 1. The Labute approximate surface area is 111 Å². The van der Waals surface area contributed by atoms with Crippen LogP contribution in [0.3, 0.4) is 0 Å². The monoisotopic (exact) mass is 257 g/mol. The fourth-order valence-corrected chi connectivity index (χ4v) is 2.37. The number of nitrogens with zero attached hydrogens (tertiary/aromatic N) is 1. The molecule has 0 saturated carbocycles. The van der Waals surface area contributed by atoms with Gasteiger partial charge >= 0.3 is 0 Å². The third-order valence-corrected chi connectivity index (χ3v) is 3.34. The summed E-state index contributed by atoms with van der Waals surface area (Å²) in [5.74, 6) is -0.0544. The number of fused-ring (bicyclic) bond motifs is 1. The van der Waals surface area contributed by atoms with Crippen molar-refractivity contribution >= 4 is 11.6 Å². The number of hydrogen-bond donors (Lipinski definition) is 2. The average molecular weight is 257 g/mol. The highest BCUT2D eigenvalue weighted by Gasteiger charge is 2.25. The minimum absolute atomic E-state index is 0.0388. The van der Waals surface area contributed by atoms with E-state index in [2.05, 4.69) is 15.8 Å². The third kappa shape index (κ3) is 2.45. The van der Waals surface area contributed by atoms with Crippen LogP contribution >= 0.6 is 0 Å². The summed E-state index contributed by atoms with van der Waals surface area (Å²) in [4.78, 5) is 12.3. The molecular formula is C14H15N3O2. The Morgan fingerprint density at radius 1 is 1.42 bits per heavy atom. The number of aromatic nitrogens is 1. The molecule has 2 N–H and O–H groups in total. The maximum Gasteiger partial charge on any atom is 0.228 e. The van der Waals surface area contributed by atoms with Gasteiger partial charge in [-0.1, -0.05) is 23.4 Å². The number of benzene rings is 1. The molecule has 1 aliphatic heterocycles. The fraction of sp³-hybridized carbons (Fsp3) is 0.286. The summed E-state index contributed by atoms with van der Waals surface area (Å²) >= 11 is 0. The van der Waals surface area contributed by atoms with E-state index in [0.29, 0.717) is 6.54 Å². The third-order valence-electron chi connectivity index (χ3n) is 3.34. The van der Waals surface area contributed by atoms with Gasteiger partial charge in [-0.3, -0.25) is 4.79 Å². The van der Waals surface area contributed by atoms with E-state index in [4.69, 9.17) is 4.52 Å². The van der Waals surface area contributed by atoms with Crippen LogP contribution in [0.5, 0.6) is 0 Å². The maximum absolute atomic E-state index is 12.3. The molecule has 0 spiro atoms. The Kier molecular flexibility index (Phi) is 3.18. The zero-order chi connectivity index (χ0) is 13.1. The number of rotatable bonds is 3. The van der Waals surface area contributed by atoms with Crippen LogP contribution in [0.4, 0.5) is 5.69 Å². The van der Waals surface area contributed by atoms with Crippen molar-refractivity contribution < 1.29 is 9.32 Å². The average Bonchev–Trinajstić information content (AvgIpc) is 2.97. The molecule has 0 aliphatic carbocycles. The molecule has 5 heteroatoms. The summed E-state index contributed by atoms with van der Waals surface area (Å²) in [5.41, 5.74) is 2.84. The zero-order valence-electron chi connectivity index (χ0n) is 10.4. The van der Waals surface area contributed by atoms with Crippen molar-refractivity contribution in [2.75, 3.05) is 11.9 Å². The lowest BCUT2D eigenvalue weighted by atomic mass is 9.90. The number of carbonyl (C=O) groups excluding carboxylic acids is 1. The second-order valence-electron chi connectivity index (χ2n) is 4.56. The van der Waals surface area contributed by atoms with Gasteiger partial charge in [0.1, 0.15) is 12.0 Å². The molecule has 3 rings (SSSR count). The van der Waals surface area contributed by atoms with E-state index in [1.807, 2.05) is 24.3 Å². The van der Waals surface area contributed by atoms with Gasteiger partial charge in [0.25, 0.3) is 0 Å². The lowest BCUT2D eigenvalue weighted by Crippen LogP contribution is -2.32. The second-order valence-corrected chi connectivity index (χ2v) is 4.56. The Bertz CT molecular complexity index is 566. The minimum Gasteiger partial charge on any atom is -0.385 e. The molecule has 1 aromatic carbocycles. The van der Waals surface area contributed by atoms with Gasteiger partial charge in [-0.15, -0.1) is 0 Å². The minimum atomic E-state index is -0.0932. The summed E-state index contributed by atoms with van der Waals surface area (Å²) in [6.07, 6.45) is 2.31. The summed E-state index contributed by atoms with van der Waals surface area (Å²) in [6.45, 7) is 1.22. The van der Waals surface area contributed by atoms with Crippen molar-refractivity contribution in [1.82, 2.24) is 10.5 Å². The molecule has 5 nitrogen and oxygen atoms in total. The van der Waals surface area contributed by atoms with Gasteiger partial charge in [-0.05, 0) is 18.1 Å². The molecule has 0 saturated heterocycles. The highest BCUT2D eigenvalue weighted by molar-refractivity contribution is 5.86. The van der Waals surface area contributed by atoms with Gasteiger partial charge < -0.3 is 15.2 Å². The lowest BCUT2D eigenvalue weighted by Gasteiger charge is -2.25. The molecule has 1 unspecified atom stereocenters. The van der Waals surface area contributed by atoms with Gasteiger partial charge in [-0.2, -0.15) is 0 Å². The highest BCUT2D eigenvalue weighted by Crippen LogP contribution is 2.31. The van der Waals surface area contributed by atoms with Crippen molar-refractivity contribution in [3.05, 3.63) is 47.9 Å². The normalized spacial score (nSPS) is 17.4. The number of carbonyl (C=O) groups is 1. The van der Waals surface area contributed by atoms with E-state index >= 15 is 0 Å². The SMILES string of the molecule is O=C(NCc1ccon1)C1CCNc2ccccc21. The molecular weight excluding hydrogens is 242 g/mol. The predicted octanol–water partition coefficient (Wildman–Crippen LogP) is 1.89.